The minimum Gasteiger partial charge on any atom is -0.478 e. The van der Waals surface area contributed by atoms with E-state index in [0.29, 0.717) is 5.69 Å². The normalized spacial score (nSPS) is 11.8. The zero-order valence-electron chi connectivity index (χ0n) is 11.6. The summed E-state index contributed by atoms with van der Waals surface area (Å²) in [5.74, 6) is -1.06. The maximum absolute atomic E-state index is 11.9. The summed E-state index contributed by atoms with van der Waals surface area (Å²) in [6.07, 6.45) is 2.74. The van der Waals surface area contributed by atoms with E-state index in [4.69, 9.17) is 5.11 Å². The summed E-state index contributed by atoms with van der Waals surface area (Å²) in [6.45, 7) is 4.07. The van der Waals surface area contributed by atoms with Crippen molar-refractivity contribution in [2.24, 2.45) is 0 Å². The number of urea groups is 1. The van der Waals surface area contributed by atoms with Crippen LogP contribution in [0.3, 0.4) is 0 Å². The average molecular weight is 390 g/mol. The number of halogens is 1. The van der Waals surface area contributed by atoms with Crippen LogP contribution in [0.1, 0.15) is 43.5 Å². The number of benzene rings is 1. The molecule has 0 aliphatic rings. The van der Waals surface area contributed by atoms with Gasteiger partial charge in [0.15, 0.2) is 0 Å². The number of amides is 2. The lowest BCUT2D eigenvalue weighted by Gasteiger charge is -2.17. The van der Waals surface area contributed by atoms with Crippen LogP contribution in [-0.4, -0.2) is 23.1 Å². The standard InChI is InChI=1S/C14H19IN2O3/c1-3-5-10(4-2)16-14(20)17-12-7-6-9(15)8-11(12)13(18)19/h6-8,10H,3-5H2,1-2H3,(H,18,19)(H2,16,17,20). The van der Waals surface area contributed by atoms with Gasteiger partial charge in [-0.2, -0.15) is 0 Å². The molecule has 1 rings (SSSR count). The zero-order valence-corrected chi connectivity index (χ0v) is 13.7. The molecule has 0 saturated carbocycles. The zero-order chi connectivity index (χ0) is 15.1. The minimum atomic E-state index is -1.06. The van der Waals surface area contributed by atoms with E-state index in [1.807, 2.05) is 29.5 Å². The fourth-order valence-electron chi connectivity index (χ4n) is 1.87. The van der Waals surface area contributed by atoms with Crippen LogP contribution in [-0.2, 0) is 0 Å². The number of aromatic carboxylic acids is 1. The van der Waals surface area contributed by atoms with E-state index in [0.717, 1.165) is 22.8 Å². The summed E-state index contributed by atoms with van der Waals surface area (Å²) < 4.78 is 0.809. The summed E-state index contributed by atoms with van der Waals surface area (Å²) in [5.41, 5.74) is 0.400. The minimum absolute atomic E-state index is 0.0931. The fraction of sp³-hybridized carbons (Fsp3) is 0.429. The first-order valence-corrected chi connectivity index (χ1v) is 7.66. The molecule has 0 saturated heterocycles. The quantitative estimate of drug-likeness (QED) is 0.649. The first-order valence-electron chi connectivity index (χ1n) is 6.58. The van der Waals surface area contributed by atoms with E-state index >= 15 is 0 Å². The Hall–Kier alpha value is -1.31. The molecule has 1 unspecified atom stereocenters. The topological polar surface area (TPSA) is 78.4 Å². The highest BCUT2D eigenvalue weighted by Crippen LogP contribution is 2.19. The molecular formula is C14H19IN2O3. The Morgan fingerprint density at radius 2 is 2.05 bits per heavy atom. The van der Waals surface area contributed by atoms with Crippen LogP contribution in [0.2, 0.25) is 0 Å². The first kappa shape index (κ1) is 16.7. The molecule has 3 N–H and O–H groups in total. The Labute approximate surface area is 132 Å². The Balaban J connectivity index is 2.77. The second-order valence-corrected chi connectivity index (χ2v) is 5.73. The number of carbonyl (C=O) groups is 2. The van der Waals surface area contributed by atoms with Gasteiger partial charge in [0.05, 0.1) is 11.3 Å². The van der Waals surface area contributed by atoms with Gasteiger partial charge in [0.1, 0.15) is 0 Å². The highest BCUT2D eigenvalue weighted by atomic mass is 127. The second kappa shape index (κ2) is 8.08. The van der Waals surface area contributed by atoms with Gasteiger partial charge in [-0.05, 0) is 53.6 Å². The lowest BCUT2D eigenvalue weighted by molar-refractivity contribution is 0.0698. The van der Waals surface area contributed by atoms with Crippen molar-refractivity contribution in [3.63, 3.8) is 0 Å². The number of carbonyl (C=O) groups excluding carboxylic acids is 1. The van der Waals surface area contributed by atoms with Crippen molar-refractivity contribution in [3.05, 3.63) is 27.3 Å². The van der Waals surface area contributed by atoms with Gasteiger partial charge in [-0.15, -0.1) is 0 Å². The van der Waals surface area contributed by atoms with E-state index in [1.165, 1.54) is 6.07 Å². The Bertz CT molecular complexity index is 491. The molecule has 20 heavy (non-hydrogen) atoms. The summed E-state index contributed by atoms with van der Waals surface area (Å²) in [4.78, 5) is 23.1. The molecule has 0 aliphatic heterocycles. The summed E-state index contributed by atoms with van der Waals surface area (Å²) in [6, 6.07) is 4.63. The Kier molecular flexibility index (Phi) is 6.77. The fourth-order valence-corrected chi connectivity index (χ4v) is 2.36. The largest absolute Gasteiger partial charge is 0.478 e. The third-order valence-electron chi connectivity index (χ3n) is 2.93. The van der Waals surface area contributed by atoms with E-state index in [-0.39, 0.29) is 17.6 Å². The smallest absolute Gasteiger partial charge is 0.337 e. The average Bonchev–Trinajstić information content (AvgIpc) is 2.40. The molecule has 1 aromatic rings. The van der Waals surface area contributed by atoms with Gasteiger partial charge in [0, 0.05) is 9.61 Å². The Morgan fingerprint density at radius 3 is 2.60 bits per heavy atom. The van der Waals surface area contributed by atoms with Crippen molar-refractivity contribution in [1.82, 2.24) is 5.32 Å². The van der Waals surface area contributed by atoms with Gasteiger partial charge in [-0.25, -0.2) is 9.59 Å². The van der Waals surface area contributed by atoms with Gasteiger partial charge < -0.3 is 15.7 Å². The van der Waals surface area contributed by atoms with Crippen LogP contribution >= 0.6 is 22.6 Å². The molecule has 2 amide bonds. The van der Waals surface area contributed by atoms with Gasteiger partial charge in [0.2, 0.25) is 0 Å². The molecular weight excluding hydrogens is 371 g/mol. The van der Waals surface area contributed by atoms with Crippen LogP contribution in [0.5, 0.6) is 0 Å². The number of hydrogen-bond donors (Lipinski definition) is 3. The predicted molar refractivity (Wildman–Crippen MR) is 87.3 cm³/mol. The SMILES string of the molecule is CCCC(CC)NC(=O)Nc1ccc(I)cc1C(=O)O. The van der Waals surface area contributed by atoms with Gasteiger partial charge in [-0.1, -0.05) is 20.3 Å². The monoisotopic (exact) mass is 390 g/mol. The van der Waals surface area contributed by atoms with Crippen molar-refractivity contribution in [2.75, 3.05) is 5.32 Å². The third-order valence-corrected chi connectivity index (χ3v) is 3.60. The van der Waals surface area contributed by atoms with E-state index < -0.39 is 5.97 Å². The molecule has 0 spiro atoms. The molecule has 0 radical (unpaired) electrons. The van der Waals surface area contributed by atoms with Crippen molar-refractivity contribution < 1.29 is 14.7 Å². The van der Waals surface area contributed by atoms with Gasteiger partial charge in [0.25, 0.3) is 0 Å². The van der Waals surface area contributed by atoms with Crippen molar-refractivity contribution >= 4 is 40.3 Å². The Morgan fingerprint density at radius 1 is 1.35 bits per heavy atom. The number of anilines is 1. The van der Waals surface area contributed by atoms with Crippen LogP contribution in [0.15, 0.2) is 18.2 Å². The number of carboxylic acids is 1. The maximum atomic E-state index is 11.9. The molecule has 6 heteroatoms. The second-order valence-electron chi connectivity index (χ2n) is 4.49. The van der Waals surface area contributed by atoms with Crippen molar-refractivity contribution in [1.29, 1.82) is 0 Å². The van der Waals surface area contributed by atoms with Crippen LogP contribution in [0, 0.1) is 3.57 Å². The van der Waals surface area contributed by atoms with E-state index in [2.05, 4.69) is 17.6 Å². The molecule has 1 atom stereocenters. The van der Waals surface area contributed by atoms with E-state index in [1.54, 1.807) is 12.1 Å². The summed E-state index contributed by atoms with van der Waals surface area (Å²) >= 11 is 2.03. The van der Waals surface area contributed by atoms with Crippen LogP contribution < -0.4 is 10.6 Å². The highest BCUT2D eigenvalue weighted by molar-refractivity contribution is 14.1. The predicted octanol–water partition coefficient (Wildman–Crippen LogP) is 3.69. The third kappa shape index (κ3) is 4.99. The number of hydrogen-bond acceptors (Lipinski definition) is 2. The molecule has 0 aliphatic carbocycles. The van der Waals surface area contributed by atoms with Gasteiger partial charge >= 0.3 is 12.0 Å². The lowest BCUT2D eigenvalue weighted by Crippen LogP contribution is -2.37. The van der Waals surface area contributed by atoms with Crippen molar-refractivity contribution in [2.45, 2.75) is 39.2 Å². The molecule has 0 aromatic heterocycles. The van der Waals surface area contributed by atoms with Crippen LogP contribution in [0.4, 0.5) is 10.5 Å². The molecule has 0 fully saturated rings. The number of nitrogens with one attached hydrogen (secondary N) is 2. The van der Waals surface area contributed by atoms with Crippen LogP contribution in [0.25, 0.3) is 0 Å². The number of rotatable bonds is 6. The summed E-state index contributed by atoms with van der Waals surface area (Å²) in [5, 5.41) is 14.6. The van der Waals surface area contributed by atoms with Gasteiger partial charge in [-0.3, -0.25) is 0 Å². The molecule has 0 bridgehead atoms. The number of carboxylic acid groups (broad SMARTS) is 1. The molecule has 110 valence electrons. The molecule has 0 heterocycles. The summed E-state index contributed by atoms with van der Waals surface area (Å²) in [7, 11) is 0. The lowest BCUT2D eigenvalue weighted by atomic mass is 10.1. The highest BCUT2D eigenvalue weighted by Gasteiger charge is 2.14. The first-order chi connectivity index (χ1) is 9.47. The molecule has 5 nitrogen and oxygen atoms in total. The molecule has 1 aromatic carbocycles. The maximum Gasteiger partial charge on any atom is 0.337 e. The van der Waals surface area contributed by atoms with Crippen molar-refractivity contribution in [3.8, 4) is 0 Å². The van der Waals surface area contributed by atoms with E-state index in [9.17, 15) is 9.59 Å².